The van der Waals surface area contributed by atoms with Gasteiger partial charge in [0.05, 0.1) is 7.11 Å². The van der Waals surface area contributed by atoms with Gasteiger partial charge in [0.15, 0.2) is 0 Å². The lowest BCUT2D eigenvalue weighted by molar-refractivity contribution is -0.0217. The maximum absolute atomic E-state index is 11.3. The summed E-state index contributed by atoms with van der Waals surface area (Å²) in [4.78, 5) is 0. The van der Waals surface area contributed by atoms with Gasteiger partial charge in [0, 0.05) is 29.6 Å². The minimum absolute atomic E-state index is 0.0817. The van der Waals surface area contributed by atoms with Crippen molar-refractivity contribution in [2.75, 3.05) is 7.11 Å². The van der Waals surface area contributed by atoms with E-state index in [0.29, 0.717) is 0 Å². The summed E-state index contributed by atoms with van der Waals surface area (Å²) >= 11 is 0. The first-order valence-electron chi connectivity index (χ1n) is 8.12. The van der Waals surface area contributed by atoms with Crippen molar-refractivity contribution in [1.29, 1.82) is 0 Å². The molecule has 2 aromatic carbocycles. The molecule has 0 unspecified atom stereocenters. The molecule has 0 saturated carbocycles. The van der Waals surface area contributed by atoms with E-state index in [9.17, 15) is 5.11 Å². The number of fused-ring (bicyclic) bond motifs is 8. The van der Waals surface area contributed by atoms with E-state index in [0.717, 1.165) is 24.2 Å². The number of rotatable bonds is 1. The van der Waals surface area contributed by atoms with Crippen LogP contribution in [0.2, 0.25) is 0 Å². The van der Waals surface area contributed by atoms with Gasteiger partial charge in [-0.05, 0) is 47.7 Å². The Morgan fingerprint density at radius 1 is 1.22 bits per heavy atom. The molecule has 3 heteroatoms. The molecule has 1 N–H and O–H groups in total. The first-order chi connectivity index (χ1) is 11.1. The molecule has 116 valence electrons. The summed E-state index contributed by atoms with van der Waals surface area (Å²) in [7, 11) is 3.83. The molecule has 2 aliphatic carbocycles. The maximum Gasteiger partial charge on any atom is 0.119 e. The van der Waals surface area contributed by atoms with Crippen LogP contribution >= 0.6 is 0 Å². The molecule has 1 aromatic heterocycles. The van der Waals surface area contributed by atoms with Crippen molar-refractivity contribution in [2.24, 2.45) is 7.05 Å². The quantitative estimate of drug-likeness (QED) is 0.747. The third-order valence-corrected chi connectivity index (χ3v) is 5.82. The van der Waals surface area contributed by atoms with Crippen LogP contribution in [0.5, 0.6) is 5.75 Å². The van der Waals surface area contributed by atoms with Crippen molar-refractivity contribution in [2.45, 2.75) is 24.4 Å². The monoisotopic (exact) mass is 305 g/mol. The number of methoxy groups -OCH3 is 1. The summed E-state index contributed by atoms with van der Waals surface area (Å²) in [5, 5.41) is 12.5. The first-order valence-corrected chi connectivity index (χ1v) is 8.12. The number of aryl methyl sites for hydroxylation is 1. The average molecular weight is 305 g/mol. The van der Waals surface area contributed by atoms with E-state index < -0.39 is 5.60 Å². The Hall–Kier alpha value is -2.26. The zero-order chi connectivity index (χ0) is 15.8. The Balaban J connectivity index is 1.84. The topological polar surface area (TPSA) is 34.4 Å². The number of hydrogen-bond donors (Lipinski definition) is 1. The molecule has 0 amide bonds. The number of hydrogen-bond acceptors (Lipinski definition) is 2. The lowest BCUT2D eigenvalue weighted by atomic mass is 9.57. The van der Waals surface area contributed by atoms with E-state index in [4.69, 9.17) is 4.74 Å². The molecule has 0 fully saturated rings. The van der Waals surface area contributed by atoms with E-state index in [1.54, 1.807) is 7.11 Å². The van der Waals surface area contributed by atoms with Gasteiger partial charge in [0.25, 0.3) is 0 Å². The summed E-state index contributed by atoms with van der Waals surface area (Å²) < 4.78 is 7.71. The molecule has 0 saturated heterocycles. The molecule has 5 rings (SSSR count). The van der Waals surface area contributed by atoms with Crippen LogP contribution in [0.15, 0.2) is 42.5 Å². The van der Waals surface area contributed by atoms with Gasteiger partial charge in [0.1, 0.15) is 11.4 Å². The van der Waals surface area contributed by atoms with Gasteiger partial charge in [0.2, 0.25) is 0 Å². The van der Waals surface area contributed by atoms with E-state index in [2.05, 4.69) is 41.9 Å². The van der Waals surface area contributed by atoms with Crippen LogP contribution in [-0.4, -0.2) is 16.8 Å². The number of nitrogens with zero attached hydrogens (tertiary/aromatic N) is 1. The predicted molar refractivity (Wildman–Crippen MR) is 90.0 cm³/mol. The van der Waals surface area contributed by atoms with Gasteiger partial charge in [-0.2, -0.15) is 0 Å². The maximum atomic E-state index is 11.3. The van der Waals surface area contributed by atoms with Crippen LogP contribution in [-0.2, 0) is 19.1 Å². The zero-order valence-corrected chi connectivity index (χ0v) is 13.3. The van der Waals surface area contributed by atoms with Gasteiger partial charge < -0.3 is 14.4 Å². The lowest BCUT2D eigenvalue weighted by Gasteiger charge is -2.50. The Labute approximate surface area is 135 Å². The van der Waals surface area contributed by atoms with Crippen LogP contribution in [0, 0.1) is 0 Å². The van der Waals surface area contributed by atoms with Gasteiger partial charge in [-0.25, -0.2) is 0 Å². The minimum Gasteiger partial charge on any atom is -0.497 e. The fourth-order valence-electron chi connectivity index (χ4n) is 4.72. The minimum atomic E-state index is -0.707. The normalized spacial score (nSPS) is 24.6. The van der Waals surface area contributed by atoms with Crippen LogP contribution in [0.3, 0.4) is 0 Å². The number of benzene rings is 2. The third kappa shape index (κ3) is 1.44. The Morgan fingerprint density at radius 3 is 2.87 bits per heavy atom. The number of aromatic nitrogens is 1. The summed E-state index contributed by atoms with van der Waals surface area (Å²) in [5.41, 5.74) is 5.51. The summed E-state index contributed by atoms with van der Waals surface area (Å²) in [6.45, 7) is 0. The molecule has 0 spiro atoms. The molecule has 3 aromatic rings. The largest absolute Gasteiger partial charge is 0.497 e. The lowest BCUT2D eigenvalue weighted by Crippen LogP contribution is -2.47. The van der Waals surface area contributed by atoms with E-state index in [1.807, 2.05) is 12.1 Å². The van der Waals surface area contributed by atoms with E-state index in [-0.39, 0.29) is 5.92 Å². The number of aliphatic hydroxyl groups is 1. The second-order valence-corrected chi connectivity index (χ2v) is 6.75. The van der Waals surface area contributed by atoms with Crippen molar-refractivity contribution in [3.8, 4) is 5.75 Å². The molecule has 23 heavy (non-hydrogen) atoms. The van der Waals surface area contributed by atoms with Gasteiger partial charge in [-0.15, -0.1) is 0 Å². The van der Waals surface area contributed by atoms with Crippen molar-refractivity contribution >= 4 is 10.9 Å². The van der Waals surface area contributed by atoms with Crippen molar-refractivity contribution in [3.05, 3.63) is 64.8 Å². The Bertz CT molecular complexity index is 956. The first kappa shape index (κ1) is 13.2. The van der Waals surface area contributed by atoms with Gasteiger partial charge >= 0.3 is 0 Å². The summed E-state index contributed by atoms with van der Waals surface area (Å²) in [5.74, 6) is 0.950. The van der Waals surface area contributed by atoms with Gasteiger partial charge in [-0.1, -0.05) is 24.3 Å². The zero-order valence-electron chi connectivity index (χ0n) is 13.3. The average Bonchev–Trinajstić information content (AvgIpc) is 2.85. The summed E-state index contributed by atoms with van der Waals surface area (Å²) in [6, 6.07) is 14.6. The Morgan fingerprint density at radius 2 is 2.04 bits per heavy atom. The third-order valence-electron chi connectivity index (χ3n) is 5.82. The van der Waals surface area contributed by atoms with Crippen molar-refractivity contribution < 1.29 is 9.84 Å². The fraction of sp³-hybridized carbons (Fsp3) is 0.300. The second kappa shape index (κ2) is 4.18. The molecule has 1 heterocycles. The predicted octanol–water partition coefficient (Wildman–Crippen LogP) is 3.47. The van der Waals surface area contributed by atoms with Crippen LogP contribution < -0.4 is 4.74 Å². The number of ether oxygens (including phenoxy) is 1. The molecule has 3 nitrogen and oxygen atoms in total. The van der Waals surface area contributed by atoms with Crippen LogP contribution in [0.1, 0.15) is 34.7 Å². The molecule has 0 radical (unpaired) electrons. The smallest absolute Gasteiger partial charge is 0.119 e. The fourth-order valence-corrected chi connectivity index (χ4v) is 4.72. The van der Waals surface area contributed by atoms with Crippen LogP contribution in [0.4, 0.5) is 0 Å². The van der Waals surface area contributed by atoms with E-state index in [1.165, 1.54) is 27.7 Å². The van der Waals surface area contributed by atoms with Gasteiger partial charge in [-0.3, -0.25) is 0 Å². The second-order valence-electron chi connectivity index (χ2n) is 6.75. The van der Waals surface area contributed by atoms with Crippen LogP contribution in [0.25, 0.3) is 10.9 Å². The van der Waals surface area contributed by atoms with Crippen molar-refractivity contribution in [3.63, 3.8) is 0 Å². The highest BCUT2D eigenvalue weighted by Crippen LogP contribution is 2.60. The highest BCUT2D eigenvalue weighted by molar-refractivity contribution is 5.89. The summed E-state index contributed by atoms with van der Waals surface area (Å²) in [6.07, 6.45) is 1.70. The highest BCUT2D eigenvalue weighted by Gasteiger charge is 2.54. The molecular formula is C20H19NO2. The molecule has 0 aliphatic heterocycles. The van der Waals surface area contributed by atoms with Crippen molar-refractivity contribution in [1.82, 2.24) is 4.57 Å². The SMILES string of the molecule is COc1ccc2c(c1)c1c(n2C)CC[C@@]2(O)c3ccccc3[C@@H]12. The molecule has 0 bridgehead atoms. The Kier molecular flexibility index (Phi) is 2.40. The van der Waals surface area contributed by atoms with E-state index >= 15 is 0 Å². The molecule has 2 atom stereocenters. The standard InChI is InChI=1S/C20H19NO2/c1-21-16-8-7-12(23-2)11-14(16)18-17(21)9-10-20(22)15-6-4-3-5-13(15)19(18)20/h3-8,11,19,22H,9-10H2,1-2H3/t19-,20+/m0/s1. The molecule has 2 aliphatic rings. The highest BCUT2D eigenvalue weighted by atomic mass is 16.5. The molecular weight excluding hydrogens is 286 g/mol.